The summed E-state index contributed by atoms with van der Waals surface area (Å²) < 4.78 is 14.5. The van der Waals surface area contributed by atoms with Gasteiger partial charge >= 0.3 is 0 Å². The summed E-state index contributed by atoms with van der Waals surface area (Å²) in [6.07, 6.45) is 0. The molecule has 0 amide bonds. The molecule has 178 valence electrons. The fourth-order valence-corrected chi connectivity index (χ4v) is 6.41. The van der Waals surface area contributed by atoms with Crippen LogP contribution in [0.15, 0.2) is 136 Å². The topological polar surface area (TPSA) is 18.5 Å². The highest BCUT2D eigenvalue weighted by Gasteiger charge is 2.28. The van der Waals surface area contributed by atoms with Crippen LogP contribution in [0.5, 0.6) is 23.0 Å². The molecule has 0 unspecified atom stereocenters. The molecular weight excluding hydrogens is 690 g/mol. The first kappa shape index (κ1) is 25.2. The molecule has 0 bridgehead atoms. The molecule has 0 aliphatic carbocycles. The Hall–Kier alpha value is -2.49. The van der Waals surface area contributed by atoms with E-state index in [0.717, 1.165) is 23.0 Å². The van der Waals surface area contributed by atoms with Crippen LogP contribution in [-0.4, -0.2) is 0 Å². The summed E-state index contributed by atoms with van der Waals surface area (Å²) in [5, 5.41) is 0. The lowest BCUT2D eigenvalue weighted by Gasteiger charge is -2.11. The molecule has 0 aliphatic heterocycles. The van der Waals surface area contributed by atoms with Crippen LogP contribution in [0.4, 0.5) is 0 Å². The Morgan fingerprint density at radius 3 is 1.03 bits per heavy atom. The molecular formula is C31H23I2O2S+. The Balaban J connectivity index is 1.41. The van der Waals surface area contributed by atoms with Crippen molar-refractivity contribution >= 4 is 56.1 Å². The summed E-state index contributed by atoms with van der Waals surface area (Å²) in [6.45, 7) is 2.12. The van der Waals surface area contributed by atoms with Gasteiger partial charge in [-0.05, 0) is 161 Å². The summed E-state index contributed by atoms with van der Waals surface area (Å²) in [5.74, 6) is 3.33. The second-order valence-corrected chi connectivity index (χ2v) is 12.7. The van der Waals surface area contributed by atoms with Gasteiger partial charge in [0.2, 0.25) is 0 Å². The lowest BCUT2D eigenvalue weighted by atomic mass is 10.2. The molecule has 0 saturated heterocycles. The summed E-state index contributed by atoms with van der Waals surface area (Å²) in [4.78, 5) is 3.75. The minimum Gasteiger partial charge on any atom is -0.457 e. The van der Waals surface area contributed by atoms with E-state index in [1.807, 2.05) is 48.5 Å². The zero-order chi connectivity index (χ0) is 24.9. The molecule has 0 saturated carbocycles. The van der Waals surface area contributed by atoms with Crippen LogP contribution in [0, 0.1) is 14.1 Å². The molecule has 0 spiro atoms. The van der Waals surface area contributed by atoms with Crippen molar-refractivity contribution in [1.82, 2.24) is 0 Å². The third kappa shape index (κ3) is 6.44. The van der Waals surface area contributed by atoms with Gasteiger partial charge in [0.1, 0.15) is 23.0 Å². The first-order chi connectivity index (χ1) is 17.5. The molecule has 0 aromatic heterocycles. The van der Waals surface area contributed by atoms with Crippen molar-refractivity contribution in [1.29, 1.82) is 0 Å². The summed E-state index contributed by atoms with van der Waals surface area (Å²) in [7, 11) is -0.252. The van der Waals surface area contributed by atoms with Crippen LogP contribution in [-0.2, 0) is 10.9 Å². The van der Waals surface area contributed by atoms with E-state index >= 15 is 0 Å². The first-order valence-corrected chi connectivity index (χ1v) is 14.8. The lowest BCUT2D eigenvalue weighted by Crippen LogP contribution is -2.05. The van der Waals surface area contributed by atoms with E-state index < -0.39 is 0 Å². The van der Waals surface area contributed by atoms with E-state index in [0.29, 0.717) is 0 Å². The van der Waals surface area contributed by atoms with Gasteiger partial charge in [0, 0.05) is 7.14 Å². The Bertz CT molecular complexity index is 1320. The molecule has 5 aromatic carbocycles. The predicted molar refractivity (Wildman–Crippen MR) is 165 cm³/mol. The van der Waals surface area contributed by atoms with Crippen molar-refractivity contribution in [3.8, 4) is 23.0 Å². The van der Waals surface area contributed by atoms with Crippen LogP contribution < -0.4 is 9.47 Å². The van der Waals surface area contributed by atoms with E-state index in [4.69, 9.17) is 9.47 Å². The highest BCUT2D eigenvalue weighted by molar-refractivity contribution is 14.1. The maximum Gasteiger partial charge on any atom is 0.166 e. The standard InChI is InChI=1S/C31H23I2O2S/c1-22-2-16-29(17-3-22)36(30-18-12-27(13-19-30)34-25-8-4-23(32)5-9-25)31-20-14-28(15-21-31)35-26-10-6-24(33)7-11-26/h2-21H,1H3/q+1. The molecule has 0 N–H and O–H groups in total. The van der Waals surface area contributed by atoms with Gasteiger partial charge in [0.15, 0.2) is 14.7 Å². The highest BCUT2D eigenvalue weighted by Crippen LogP contribution is 2.34. The fraction of sp³-hybridized carbons (Fsp3) is 0.0323. The fourth-order valence-electron chi connectivity index (χ4n) is 3.65. The largest absolute Gasteiger partial charge is 0.457 e. The van der Waals surface area contributed by atoms with E-state index in [-0.39, 0.29) is 10.9 Å². The van der Waals surface area contributed by atoms with Crippen molar-refractivity contribution in [3.05, 3.63) is 134 Å². The molecule has 5 heteroatoms. The predicted octanol–water partition coefficient (Wildman–Crippen LogP) is 9.88. The minimum absolute atomic E-state index is 0.252. The van der Waals surface area contributed by atoms with E-state index in [1.54, 1.807) is 0 Å². The van der Waals surface area contributed by atoms with Crippen LogP contribution >= 0.6 is 45.2 Å². The Labute approximate surface area is 242 Å². The van der Waals surface area contributed by atoms with Gasteiger partial charge in [-0.2, -0.15) is 0 Å². The molecule has 5 rings (SSSR count). The molecule has 0 heterocycles. The molecule has 0 radical (unpaired) electrons. The molecule has 0 atom stereocenters. The van der Waals surface area contributed by atoms with E-state index in [9.17, 15) is 0 Å². The molecule has 36 heavy (non-hydrogen) atoms. The Morgan fingerprint density at radius 1 is 0.417 bits per heavy atom. The summed E-state index contributed by atoms with van der Waals surface area (Å²) in [5.41, 5.74) is 1.25. The third-order valence-corrected chi connectivity index (χ3v) is 9.14. The SMILES string of the molecule is Cc1ccc([S+](c2ccc(Oc3ccc(I)cc3)cc2)c2ccc(Oc3ccc(I)cc3)cc2)cc1. The van der Waals surface area contributed by atoms with Crippen molar-refractivity contribution < 1.29 is 9.47 Å². The second-order valence-electron chi connectivity index (χ2n) is 8.17. The number of ether oxygens (including phenoxy) is 2. The number of hydrogen-bond donors (Lipinski definition) is 0. The molecule has 0 fully saturated rings. The van der Waals surface area contributed by atoms with Gasteiger partial charge in [-0.25, -0.2) is 0 Å². The zero-order valence-corrected chi connectivity index (χ0v) is 24.7. The van der Waals surface area contributed by atoms with Crippen LogP contribution in [0.2, 0.25) is 0 Å². The van der Waals surface area contributed by atoms with Crippen molar-refractivity contribution in [3.63, 3.8) is 0 Å². The maximum atomic E-state index is 6.06. The van der Waals surface area contributed by atoms with E-state index in [2.05, 4.69) is 125 Å². The van der Waals surface area contributed by atoms with Crippen LogP contribution in [0.3, 0.4) is 0 Å². The number of aryl methyl sites for hydroxylation is 1. The molecule has 5 aromatic rings. The molecule has 2 nitrogen and oxygen atoms in total. The Morgan fingerprint density at radius 2 is 0.694 bits per heavy atom. The minimum atomic E-state index is -0.252. The monoisotopic (exact) mass is 713 g/mol. The quantitative estimate of drug-likeness (QED) is 0.124. The van der Waals surface area contributed by atoms with Crippen molar-refractivity contribution in [2.45, 2.75) is 21.6 Å². The summed E-state index contributed by atoms with van der Waals surface area (Å²) in [6, 6.07) is 41.8. The number of hydrogen-bond acceptors (Lipinski definition) is 2. The van der Waals surface area contributed by atoms with Gasteiger partial charge in [-0.15, -0.1) is 0 Å². The average Bonchev–Trinajstić information content (AvgIpc) is 2.90. The number of benzene rings is 5. The van der Waals surface area contributed by atoms with Crippen LogP contribution in [0.1, 0.15) is 5.56 Å². The van der Waals surface area contributed by atoms with Gasteiger partial charge in [-0.1, -0.05) is 17.7 Å². The second kappa shape index (κ2) is 11.7. The normalized spacial score (nSPS) is 10.9. The lowest BCUT2D eigenvalue weighted by molar-refractivity contribution is 0.482. The van der Waals surface area contributed by atoms with Crippen molar-refractivity contribution in [2.75, 3.05) is 0 Å². The van der Waals surface area contributed by atoms with Gasteiger partial charge in [-0.3, -0.25) is 0 Å². The third-order valence-electron chi connectivity index (χ3n) is 5.47. The van der Waals surface area contributed by atoms with E-state index in [1.165, 1.54) is 27.4 Å². The maximum absolute atomic E-state index is 6.06. The molecule has 0 aliphatic rings. The van der Waals surface area contributed by atoms with Crippen LogP contribution in [0.25, 0.3) is 0 Å². The van der Waals surface area contributed by atoms with Gasteiger partial charge < -0.3 is 9.47 Å². The average molecular weight is 713 g/mol. The highest BCUT2D eigenvalue weighted by atomic mass is 127. The Kier molecular flexibility index (Phi) is 8.19. The smallest absolute Gasteiger partial charge is 0.166 e. The summed E-state index contributed by atoms with van der Waals surface area (Å²) >= 11 is 4.60. The number of rotatable bonds is 7. The van der Waals surface area contributed by atoms with Gasteiger partial charge in [0.25, 0.3) is 0 Å². The van der Waals surface area contributed by atoms with Gasteiger partial charge in [0.05, 0.1) is 10.9 Å². The number of halogens is 2. The first-order valence-electron chi connectivity index (χ1n) is 11.4. The van der Waals surface area contributed by atoms with Crippen molar-refractivity contribution in [2.24, 2.45) is 0 Å². The zero-order valence-electron chi connectivity index (χ0n) is 19.5.